The molecular weight excluding hydrogens is 432 g/mol. The summed E-state index contributed by atoms with van der Waals surface area (Å²) in [6.07, 6.45) is 1.35. The fourth-order valence-electron chi connectivity index (χ4n) is 4.13. The highest BCUT2D eigenvalue weighted by atomic mass is 16.5. The van der Waals surface area contributed by atoms with Gasteiger partial charge in [0.1, 0.15) is 11.7 Å². The summed E-state index contributed by atoms with van der Waals surface area (Å²) in [5, 5.41) is 9.84. The van der Waals surface area contributed by atoms with Gasteiger partial charge >= 0.3 is 0 Å². The second-order valence-electron chi connectivity index (χ2n) is 9.53. The van der Waals surface area contributed by atoms with E-state index in [9.17, 15) is 14.7 Å². The molecule has 8 nitrogen and oxygen atoms in total. The average Bonchev–Trinajstić information content (AvgIpc) is 2.80. The highest BCUT2D eigenvalue weighted by Gasteiger charge is 2.34. The number of pyridine rings is 1. The smallest absolute Gasteiger partial charge is 0.259 e. The monoisotopic (exact) mass is 468 g/mol. The number of benzene rings is 1. The van der Waals surface area contributed by atoms with Crippen molar-refractivity contribution in [2.75, 3.05) is 47.4 Å². The van der Waals surface area contributed by atoms with Gasteiger partial charge < -0.3 is 24.5 Å². The van der Waals surface area contributed by atoms with Crippen LogP contribution in [0.5, 0.6) is 5.88 Å². The molecule has 0 saturated carbocycles. The van der Waals surface area contributed by atoms with E-state index in [2.05, 4.69) is 4.98 Å². The van der Waals surface area contributed by atoms with Crippen molar-refractivity contribution in [3.05, 3.63) is 47.7 Å². The first-order valence-corrected chi connectivity index (χ1v) is 11.7. The Morgan fingerprint density at radius 1 is 1.26 bits per heavy atom. The zero-order chi connectivity index (χ0) is 25.0. The predicted octanol–water partition coefficient (Wildman–Crippen LogP) is 2.30. The second-order valence-corrected chi connectivity index (χ2v) is 9.53. The highest BCUT2D eigenvalue weighted by molar-refractivity contribution is 5.98. The number of aromatic nitrogens is 1. The number of amides is 2. The first kappa shape index (κ1) is 25.6. The maximum atomic E-state index is 13.6. The number of carbonyl (C=O) groups is 2. The van der Waals surface area contributed by atoms with E-state index in [0.717, 1.165) is 16.7 Å². The number of hydrogen-bond donors (Lipinski definition) is 1. The Bertz CT molecular complexity index is 1030. The second kappa shape index (κ2) is 11.0. The Balaban J connectivity index is 2.00. The molecule has 34 heavy (non-hydrogen) atoms. The highest BCUT2D eigenvalue weighted by Crippen LogP contribution is 2.31. The average molecular weight is 469 g/mol. The van der Waals surface area contributed by atoms with E-state index in [4.69, 9.17) is 4.74 Å². The molecule has 2 amide bonds. The maximum Gasteiger partial charge on any atom is 0.259 e. The van der Waals surface area contributed by atoms with Gasteiger partial charge in [-0.15, -0.1) is 0 Å². The van der Waals surface area contributed by atoms with E-state index < -0.39 is 0 Å². The Morgan fingerprint density at radius 2 is 1.97 bits per heavy atom. The number of carbonyl (C=O) groups excluding carboxylic acids is 2. The Morgan fingerprint density at radius 3 is 2.62 bits per heavy atom. The first-order valence-electron chi connectivity index (χ1n) is 11.7. The third-order valence-electron chi connectivity index (χ3n) is 6.31. The minimum absolute atomic E-state index is 0.0115. The van der Waals surface area contributed by atoms with Gasteiger partial charge in [-0.2, -0.15) is 0 Å². The van der Waals surface area contributed by atoms with Crippen molar-refractivity contribution in [1.29, 1.82) is 0 Å². The van der Waals surface area contributed by atoms with E-state index in [-0.39, 0.29) is 42.4 Å². The number of nitrogens with zero attached hydrogens (tertiary/aromatic N) is 4. The zero-order valence-corrected chi connectivity index (χ0v) is 21.0. The molecule has 3 atom stereocenters. The molecule has 1 N–H and O–H groups in total. The summed E-state index contributed by atoms with van der Waals surface area (Å²) in [6, 6.07) is 9.39. The number of hydrogen-bond acceptors (Lipinski definition) is 6. The van der Waals surface area contributed by atoms with Crippen LogP contribution in [0.15, 0.2) is 36.5 Å². The maximum absolute atomic E-state index is 13.6. The van der Waals surface area contributed by atoms with Gasteiger partial charge in [0.15, 0.2) is 0 Å². The molecule has 1 aromatic carbocycles. The summed E-state index contributed by atoms with van der Waals surface area (Å²) in [7, 11) is 5.47. The SMILES string of the molecule is Cc1ccccc1-c1cnc2c(c1)C(=O)N([C@H](C)CO)C[C@@H](C)[C@H](CN(C)C(=O)CN(C)C)O2. The van der Waals surface area contributed by atoms with Crippen molar-refractivity contribution < 1.29 is 19.4 Å². The molecule has 2 heterocycles. The predicted molar refractivity (Wildman–Crippen MR) is 132 cm³/mol. The molecular formula is C26H36N4O4. The lowest BCUT2D eigenvalue weighted by molar-refractivity contribution is -0.132. The zero-order valence-electron chi connectivity index (χ0n) is 21.0. The van der Waals surface area contributed by atoms with Crippen LogP contribution in [0.4, 0.5) is 0 Å². The number of aliphatic hydroxyl groups is 1. The first-order chi connectivity index (χ1) is 16.1. The van der Waals surface area contributed by atoms with Crippen LogP contribution in [0, 0.1) is 12.8 Å². The van der Waals surface area contributed by atoms with Gasteiger partial charge in [0.05, 0.1) is 25.7 Å². The normalized spacial score (nSPS) is 19.2. The molecule has 184 valence electrons. The van der Waals surface area contributed by atoms with Crippen molar-refractivity contribution >= 4 is 11.8 Å². The molecule has 0 saturated heterocycles. The molecule has 0 bridgehead atoms. The standard InChI is InChI=1S/C26H36N4O4/c1-17-9-7-8-10-21(17)20-11-22-25(27-12-20)34-23(14-29(6)24(32)15-28(4)5)18(2)13-30(26(22)33)19(3)16-31/h7-12,18-19,23,31H,13-16H2,1-6H3/t18-,19-,23+/m1/s1. The van der Waals surface area contributed by atoms with Gasteiger partial charge in [-0.05, 0) is 45.1 Å². The Kier molecular flexibility index (Phi) is 8.28. The van der Waals surface area contributed by atoms with E-state index in [1.807, 2.05) is 70.1 Å². The van der Waals surface area contributed by atoms with Crippen LogP contribution in [0.25, 0.3) is 11.1 Å². The van der Waals surface area contributed by atoms with Crippen LogP contribution < -0.4 is 4.74 Å². The number of aliphatic hydroxyl groups excluding tert-OH is 1. The minimum Gasteiger partial charge on any atom is -0.472 e. The summed E-state index contributed by atoms with van der Waals surface area (Å²) in [5.41, 5.74) is 3.26. The van der Waals surface area contributed by atoms with Gasteiger partial charge in [-0.1, -0.05) is 31.2 Å². The topological polar surface area (TPSA) is 86.2 Å². The largest absolute Gasteiger partial charge is 0.472 e. The van der Waals surface area contributed by atoms with E-state index >= 15 is 0 Å². The van der Waals surface area contributed by atoms with Crippen LogP contribution in [-0.4, -0.2) is 96.1 Å². The summed E-state index contributed by atoms with van der Waals surface area (Å²) in [4.78, 5) is 35.9. The quantitative estimate of drug-likeness (QED) is 0.671. The molecule has 0 aliphatic carbocycles. The van der Waals surface area contributed by atoms with Gasteiger partial charge in [0.2, 0.25) is 11.8 Å². The summed E-state index contributed by atoms with van der Waals surface area (Å²) in [6.45, 7) is 6.75. The van der Waals surface area contributed by atoms with Crippen LogP contribution in [-0.2, 0) is 4.79 Å². The number of likely N-dealkylation sites (N-methyl/N-ethyl adjacent to an activating group) is 2. The molecule has 0 fully saturated rings. The van der Waals surface area contributed by atoms with Gasteiger partial charge in [-0.3, -0.25) is 9.59 Å². The van der Waals surface area contributed by atoms with Crippen molar-refractivity contribution in [2.24, 2.45) is 5.92 Å². The number of aryl methyl sites for hydroxylation is 1. The molecule has 0 spiro atoms. The molecule has 3 rings (SSSR count). The molecule has 0 radical (unpaired) electrons. The van der Waals surface area contributed by atoms with Crippen molar-refractivity contribution in [1.82, 2.24) is 19.7 Å². The minimum atomic E-state index is -0.367. The third kappa shape index (κ3) is 5.74. The summed E-state index contributed by atoms with van der Waals surface area (Å²) in [5.74, 6) is -0.0644. The molecule has 1 aliphatic rings. The molecule has 2 aromatic rings. The number of fused-ring (bicyclic) bond motifs is 1. The van der Waals surface area contributed by atoms with E-state index in [0.29, 0.717) is 25.2 Å². The van der Waals surface area contributed by atoms with Crippen LogP contribution >= 0.6 is 0 Å². The van der Waals surface area contributed by atoms with E-state index in [1.54, 1.807) is 23.0 Å². The fraction of sp³-hybridized carbons (Fsp3) is 0.500. The summed E-state index contributed by atoms with van der Waals surface area (Å²) >= 11 is 0. The Hall–Kier alpha value is -2.97. The van der Waals surface area contributed by atoms with Crippen LogP contribution in [0.3, 0.4) is 0 Å². The van der Waals surface area contributed by atoms with Crippen molar-refractivity contribution in [3.63, 3.8) is 0 Å². The molecule has 1 aromatic heterocycles. The fourth-order valence-corrected chi connectivity index (χ4v) is 4.13. The number of rotatable bonds is 7. The van der Waals surface area contributed by atoms with E-state index in [1.165, 1.54) is 0 Å². The summed E-state index contributed by atoms with van der Waals surface area (Å²) < 4.78 is 6.30. The van der Waals surface area contributed by atoms with Crippen LogP contribution in [0.2, 0.25) is 0 Å². The van der Waals surface area contributed by atoms with Crippen LogP contribution in [0.1, 0.15) is 29.8 Å². The lowest BCUT2D eigenvalue weighted by Gasteiger charge is -2.37. The molecule has 0 unspecified atom stereocenters. The van der Waals surface area contributed by atoms with Crippen molar-refractivity contribution in [2.45, 2.75) is 32.9 Å². The lowest BCUT2D eigenvalue weighted by atomic mass is 9.98. The third-order valence-corrected chi connectivity index (χ3v) is 6.31. The molecule has 1 aliphatic heterocycles. The Labute approximate surface area is 202 Å². The van der Waals surface area contributed by atoms with Gasteiger partial charge in [0, 0.05) is 31.3 Å². The lowest BCUT2D eigenvalue weighted by Crippen LogP contribution is -2.51. The number of ether oxygens (including phenoxy) is 1. The van der Waals surface area contributed by atoms with Gasteiger partial charge in [0.25, 0.3) is 5.91 Å². The molecule has 8 heteroatoms. The van der Waals surface area contributed by atoms with Gasteiger partial charge in [-0.25, -0.2) is 4.98 Å². The van der Waals surface area contributed by atoms with Crippen molar-refractivity contribution in [3.8, 4) is 17.0 Å².